The number of primary amides is 1. The van der Waals surface area contributed by atoms with E-state index in [1.807, 2.05) is 0 Å². The smallest absolute Gasteiger partial charge is 0.246 e. The lowest BCUT2D eigenvalue weighted by Gasteiger charge is -2.18. The highest BCUT2D eigenvalue weighted by Crippen LogP contribution is 2.05. The lowest BCUT2D eigenvalue weighted by atomic mass is 9.97. The number of amides is 1. The van der Waals surface area contributed by atoms with Gasteiger partial charge >= 0.3 is 0 Å². The zero-order valence-corrected chi connectivity index (χ0v) is 6.24. The Morgan fingerprint density at radius 1 is 1.50 bits per heavy atom. The molecule has 0 rings (SSSR count). The molecule has 0 aliphatic carbocycles. The SMILES string of the molecule is C[C@@H](N)[C@@H](C)C(O)C(N)=O. The Hall–Kier alpha value is -0.610. The quantitative estimate of drug-likeness (QED) is 0.468. The number of hydrogen-bond acceptors (Lipinski definition) is 3. The Bertz CT molecular complexity index is 125. The van der Waals surface area contributed by atoms with Gasteiger partial charge in [-0.25, -0.2) is 0 Å². The third kappa shape index (κ3) is 2.33. The fraction of sp³-hybridized carbons (Fsp3) is 0.833. The van der Waals surface area contributed by atoms with Gasteiger partial charge in [-0.15, -0.1) is 0 Å². The summed E-state index contributed by atoms with van der Waals surface area (Å²) in [6, 6.07) is -0.220. The molecule has 0 aromatic heterocycles. The van der Waals surface area contributed by atoms with Crippen molar-refractivity contribution in [3.05, 3.63) is 0 Å². The zero-order valence-electron chi connectivity index (χ0n) is 6.24. The number of carbonyl (C=O) groups is 1. The number of rotatable bonds is 3. The number of hydrogen-bond donors (Lipinski definition) is 3. The lowest BCUT2D eigenvalue weighted by molar-refractivity contribution is -0.128. The molecule has 0 fully saturated rings. The summed E-state index contributed by atoms with van der Waals surface area (Å²) in [6.45, 7) is 3.40. The molecule has 1 amide bonds. The van der Waals surface area contributed by atoms with Crippen LogP contribution in [0.2, 0.25) is 0 Å². The van der Waals surface area contributed by atoms with E-state index in [-0.39, 0.29) is 12.0 Å². The zero-order chi connectivity index (χ0) is 8.31. The van der Waals surface area contributed by atoms with Crippen molar-refractivity contribution in [2.45, 2.75) is 26.0 Å². The van der Waals surface area contributed by atoms with Crippen LogP contribution in [0.3, 0.4) is 0 Å². The van der Waals surface area contributed by atoms with Gasteiger partial charge < -0.3 is 16.6 Å². The van der Waals surface area contributed by atoms with E-state index in [9.17, 15) is 4.79 Å². The van der Waals surface area contributed by atoms with Crippen LogP contribution in [0.4, 0.5) is 0 Å². The molecule has 0 heterocycles. The van der Waals surface area contributed by atoms with E-state index in [1.54, 1.807) is 13.8 Å². The van der Waals surface area contributed by atoms with Gasteiger partial charge in [0.1, 0.15) is 6.10 Å². The maximum Gasteiger partial charge on any atom is 0.246 e. The van der Waals surface area contributed by atoms with E-state index in [4.69, 9.17) is 16.6 Å². The van der Waals surface area contributed by atoms with Gasteiger partial charge in [0.15, 0.2) is 0 Å². The van der Waals surface area contributed by atoms with Gasteiger partial charge in [0.05, 0.1) is 0 Å². The Morgan fingerprint density at radius 3 is 2.00 bits per heavy atom. The molecule has 1 unspecified atom stereocenters. The van der Waals surface area contributed by atoms with Crippen molar-refractivity contribution >= 4 is 5.91 Å². The van der Waals surface area contributed by atoms with Gasteiger partial charge in [-0.05, 0) is 6.92 Å². The third-order valence-corrected chi connectivity index (χ3v) is 1.62. The summed E-state index contributed by atoms with van der Waals surface area (Å²) in [5, 5.41) is 9.01. The van der Waals surface area contributed by atoms with Crippen LogP contribution in [0.25, 0.3) is 0 Å². The van der Waals surface area contributed by atoms with Crippen molar-refractivity contribution in [1.82, 2.24) is 0 Å². The van der Waals surface area contributed by atoms with Gasteiger partial charge in [0.25, 0.3) is 0 Å². The Labute approximate surface area is 60.2 Å². The van der Waals surface area contributed by atoms with Gasteiger partial charge in [-0.3, -0.25) is 4.79 Å². The average molecular weight is 146 g/mol. The molecule has 3 atom stereocenters. The molecular weight excluding hydrogens is 132 g/mol. The molecule has 4 nitrogen and oxygen atoms in total. The number of aliphatic hydroxyl groups is 1. The molecule has 0 radical (unpaired) electrons. The molecule has 0 aliphatic heterocycles. The minimum atomic E-state index is -1.13. The third-order valence-electron chi connectivity index (χ3n) is 1.62. The molecule has 4 heteroatoms. The lowest BCUT2D eigenvalue weighted by Crippen LogP contribution is -2.41. The highest BCUT2D eigenvalue weighted by atomic mass is 16.3. The highest BCUT2D eigenvalue weighted by molar-refractivity contribution is 5.78. The first kappa shape index (κ1) is 9.39. The maximum atomic E-state index is 10.4. The van der Waals surface area contributed by atoms with Crippen molar-refractivity contribution in [3.63, 3.8) is 0 Å². The topological polar surface area (TPSA) is 89.3 Å². The first-order chi connectivity index (χ1) is 4.46. The monoisotopic (exact) mass is 146 g/mol. The molecule has 0 spiro atoms. The van der Waals surface area contributed by atoms with E-state index in [1.165, 1.54) is 0 Å². The largest absolute Gasteiger partial charge is 0.383 e. The predicted octanol–water partition coefficient (Wildman–Crippen LogP) is -1.18. The van der Waals surface area contributed by atoms with Crippen molar-refractivity contribution < 1.29 is 9.90 Å². The van der Waals surface area contributed by atoms with Crippen LogP contribution in [0.1, 0.15) is 13.8 Å². The van der Waals surface area contributed by atoms with Crippen LogP contribution < -0.4 is 11.5 Å². The maximum absolute atomic E-state index is 10.4. The summed E-state index contributed by atoms with van der Waals surface area (Å²) in [4.78, 5) is 10.4. The second kappa shape index (κ2) is 3.53. The fourth-order valence-electron chi connectivity index (χ4n) is 0.547. The Morgan fingerprint density at radius 2 is 1.90 bits per heavy atom. The number of nitrogens with two attached hydrogens (primary N) is 2. The molecule has 0 aromatic carbocycles. The van der Waals surface area contributed by atoms with Gasteiger partial charge in [0, 0.05) is 12.0 Å². The van der Waals surface area contributed by atoms with Gasteiger partial charge in [-0.1, -0.05) is 6.92 Å². The van der Waals surface area contributed by atoms with Crippen molar-refractivity contribution in [2.75, 3.05) is 0 Å². The molecule has 0 saturated heterocycles. The summed E-state index contributed by atoms with van der Waals surface area (Å²) in [5.74, 6) is -0.998. The van der Waals surface area contributed by atoms with Crippen LogP contribution in [0.15, 0.2) is 0 Å². The molecule has 0 aliphatic rings. The van der Waals surface area contributed by atoms with Crippen molar-refractivity contribution in [1.29, 1.82) is 0 Å². The molecule has 60 valence electrons. The molecule has 0 aromatic rings. The summed E-state index contributed by atoms with van der Waals surface area (Å²) in [5.41, 5.74) is 10.2. The number of aliphatic hydroxyl groups excluding tert-OH is 1. The summed E-state index contributed by atoms with van der Waals surface area (Å²) in [6.07, 6.45) is -1.13. The minimum absolute atomic E-state index is 0.220. The van der Waals surface area contributed by atoms with E-state index in [2.05, 4.69) is 0 Å². The Balaban J connectivity index is 3.94. The Kier molecular flexibility index (Phi) is 3.32. The molecule has 0 bridgehead atoms. The van der Waals surface area contributed by atoms with E-state index in [0.717, 1.165) is 0 Å². The summed E-state index contributed by atoms with van der Waals surface area (Å²) in [7, 11) is 0. The first-order valence-electron chi connectivity index (χ1n) is 3.19. The normalized spacial score (nSPS) is 19.6. The van der Waals surface area contributed by atoms with Crippen LogP contribution >= 0.6 is 0 Å². The number of carbonyl (C=O) groups excluding carboxylic acids is 1. The highest BCUT2D eigenvalue weighted by Gasteiger charge is 2.22. The first-order valence-corrected chi connectivity index (χ1v) is 3.19. The van der Waals surface area contributed by atoms with E-state index in [0.29, 0.717) is 0 Å². The second-order valence-electron chi connectivity index (χ2n) is 2.57. The van der Waals surface area contributed by atoms with Crippen LogP contribution in [0, 0.1) is 5.92 Å². The van der Waals surface area contributed by atoms with Gasteiger partial charge in [-0.2, -0.15) is 0 Å². The van der Waals surface area contributed by atoms with Crippen LogP contribution in [-0.2, 0) is 4.79 Å². The molecule has 10 heavy (non-hydrogen) atoms. The van der Waals surface area contributed by atoms with E-state index >= 15 is 0 Å². The molecule has 5 N–H and O–H groups in total. The standard InChI is InChI=1S/C6H14N2O2/c1-3(4(2)7)5(9)6(8)10/h3-5,9H,7H2,1-2H3,(H2,8,10)/t3-,4-,5?/m1/s1. The fourth-order valence-corrected chi connectivity index (χ4v) is 0.547. The minimum Gasteiger partial charge on any atom is -0.383 e. The van der Waals surface area contributed by atoms with E-state index < -0.39 is 12.0 Å². The summed E-state index contributed by atoms with van der Waals surface area (Å²) < 4.78 is 0. The molecular formula is C6H14N2O2. The van der Waals surface area contributed by atoms with Crippen molar-refractivity contribution in [2.24, 2.45) is 17.4 Å². The van der Waals surface area contributed by atoms with Crippen molar-refractivity contribution in [3.8, 4) is 0 Å². The summed E-state index contributed by atoms with van der Waals surface area (Å²) >= 11 is 0. The average Bonchev–Trinajstić information content (AvgIpc) is 1.84. The van der Waals surface area contributed by atoms with Crippen LogP contribution in [0.5, 0.6) is 0 Å². The van der Waals surface area contributed by atoms with Gasteiger partial charge in [0.2, 0.25) is 5.91 Å². The molecule has 0 saturated carbocycles. The van der Waals surface area contributed by atoms with Crippen LogP contribution in [-0.4, -0.2) is 23.2 Å². The predicted molar refractivity (Wildman–Crippen MR) is 38.0 cm³/mol. The second-order valence-corrected chi connectivity index (χ2v) is 2.57.